The second-order valence-electron chi connectivity index (χ2n) is 4.48. The van der Waals surface area contributed by atoms with Crippen LogP contribution in [0.15, 0.2) is 41.9 Å². The van der Waals surface area contributed by atoms with Crippen molar-refractivity contribution in [3.05, 3.63) is 58.3 Å². The van der Waals surface area contributed by atoms with E-state index in [0.29, 0.717) is 12.1 Å². The van der Waals surface area contributed by atoms with Gasteiger partial charge in [0.05, 0.1) is 28.3 Å². The first-order valence-electron chi connectivity index (χ1n) is 6.29. The Morgan fingerprint density at radius 3 is 2.80 bits per heavy atom. The van der Waals surface area contributed by atoms with Gasteiger partial charge < -0.3 is 5.11 Å². The predicted octanol–water partition coefficient (Wildman–Crippen LogP) is 2.31. The normalized spacial score (nSPS) is 12.5. The van der Waals surface area contributed by atoms with Gasteiger partial charge in [-0.25, -0.2) is 9.67 Å². The monoisotopic (exact) mass is 286 g/mol. The van der Waals surface area contributed by atoms with E-state index in [4.69, 9.17) is 0 Å². The molecule has 2 aromatic heterocycles. The molecule has 0 aliphatic heterocycles. The molecule has 0 bridgehead atoms. The van der Waals surface area contributed by atoms with Crippen molar-refractivity contribution in [1.82, 2.24) is 20.0 Å². The maximum absolute atomic E-state index is 10.4. The molecule has 102 valence electrons. The molecule has 0 radical (unpaired) electrons. The minimum atomic E-state index is -0.674. The Kier molecular flexibility index (Phi) is 3.58. The number of para-hydroxylation sites is 1. The van der Waals surface area contributed by atoms with Gasteiger partial charge in [0.25, 0.3) is 0 Å². The molecule has 0 saturated heterocycles. The van der Waals surface area contributed by atoms with Crippen molar-refractivity contribution in [3.8, 4) is 5.69 Å². The highest BCUT2D eigenvalue weighted by Gasteiger charge is 2.17. The number of aryl methyl sites for hydroxylation is 1. The average Bonchev–Trinajstić information content (AvgIpc) is 3.09. The number of aliphatic hydroxyl groups excluding tert-OH is 1. The molecule has 0 amide bonds. The van der Waals surface area contributed by atoms with Crippen LogP contribution in [0.1, 0.15) is 22.5 Å². The fourth-order valence-corrected chi connectivity index (χ4v) is 2.67. The summed E-state index contributed by atoms with van der Waals surface area (Å²) < 4.78 is 1.66. The third kappa shape index (κ3) is 2.61. The molecule has 0 fully saturated rings. The summed E-state index contributed by atoms with van der Waals surface area (Å²) in [5.74, 6) is 0. The smallest absolute Gasteiger partial charge is 0.103 e. The number of hydrogen-bond donors (Lipinski definition) is 1. The van der Waals surface area contributed by atoms with Gasteiger partial charge in [-0.2, -0.15) is 0 Å². The van der Waals surface area contributed by atoms with Crippen molar-refractivity contribution in [2.24, 2.45) is 0 Å². The van der Waals surface area contributed by atoms with Crippen LogP contribution in [-0.4, -0.2) is 25.1 Å². The third-order valence-corrected chi connectivity index (χ3v) is 3.81. The summed E-state index contributed by atoms with van der Waals surface area (Å²) in [7, 11) is 0. The minimum absolute atomic E-state index is 0.463. The van der Waals surface area contributed by atoms with Crippen LogP contribution < -0.4 is 0 Å². The predicted molar refractivity (Wildman–Crippen MR) is 76.9 cm³/mol. The van der Waals surface area contributed by atoms with Gasteiger partial charge in [0.2, 0.25) is 0 Å². The third-order valence-electron chi connectivity index (χ3n) is 2.99. The van der Waals surface area contributed by atoms with Gasteiger partial charge >= 0.3 is 0 Å². The molecule has 3 rings (SSSR count). The van der Waals surface area contributed by atoms with Crippen LogP contribution >= 0.6 is 11.3 Å². The Hall–Kier alpha value is -2.05. The van der Waals surface area contributed by atoms with E-state index in [1.807, 2.05) is 42.6 Å². The van der Waals surface area contributed by atoms with Crippen LogP contribution in [0, 0.1) is 6.92 Å². The molecule has 6 heteroatoms. The summed E-state index contributed by atoms with van der Waals surface area (Å²) in [6.45, 7) is 1.95. The molecule has 2 heterocycles. The molecule has 1 N–H and O–H groups in total. The minimum Gasteiger partial charge on any atom is -0.386 e. The van der Waals surface area contributed by atoms with Crippen molar-refractivity contribution >= 4 is 11.3 Å². The van der Waals surface area contributed by atoms with E-state index < -0.39 is 6.10 Å². The first-order valence-corrected chi connectivity index (χ1v) is 7.17. The maximum Gasteiger partial charge on any atom is 0.103 e. The van der Waals surface area contributed by atoms with Crippen LogP contribution in [0.5, 0.6) is 0 Å². The number of aromatic nitrogens is 4. The van der Waals surface area contributed by atoms with E-state index in [1.54, 1.807) is 22.2 Å². The molecule has 1 atom stereocenters. The van der Waals surface area contributed by atoms with Gasteiger partial charge in [-0.15, -0.1) is 16.4 Å². The van der Waals surface area contributed by atoms with E-state index in [1.165, 1.54) is 0 Å². The SMILES string of the molecule is Cc1nc(CC(O)c2cnnn2-c2ccccc2)cs1. The Balaban J connectivity index is 1.86. The van der Waals surface area contributed by atoms with E-state index in [9.17, 15) is 5.11 Å². The van der Waals surface area contributed by atoms with Crippen molar-refractivity contribution in [2.75, 3.05) is 0 Å². The number of rotatable bonds is 4. The Bertz CT molecular complexity index is 692. The van der Waals surface area contributed by atoms with Gasteiger partial charge in [0.1, 0.15) is 6.10 Å². The second kappa shape index (κ2) is 5.52. The number of benzene rings is 1. The van der Waals surface area contributed by atoms with Crippen molar-refractivity contribution in [2.45, 2.75) is 19.4 Å². The maximum atomic E-state index is 10.4. The average molecular weight is 286 g/mol. The molecule has 3 aromatic rings. The molecular formula is C14H14N4OS. The first-order chi connectivity index (χ1) is 9.74. The highest BCUT2D eigenvalue weighted by atomic mass is 32.1. The number of aliphatic hydroxyl groups is 1. The molecular weight excluding hydrogens is 272 g/mol. The standard InChI is InChI=1S/C14H14N4OS/c1-10-16-11(9-20-10)7-14(19)13-8-15-17-18(13)12-5-3-2-4-6-12/h2-6,8-9,14,19H,7H2,1H3. The van der Waals surface area contributed by atoms with Gasteiger partial charge in [-0.05, 0) is 19.1 Å². The summed E-state index contributed by atoms with van der Waals surface area (Å²) in [6.07, 6.45) is 1.38. The molecule has 5 nitrogen and oxygen atoms in total. The van der Waals surface area contributed by atoms with Gasteiger partial charge in [0, 0.05) is 11.8 Å². The lowest BCUT2D eigenvalue weighted by Crippen LogP contribution is -2.09. The fraction of sp³-hybridized carbons (Fsp3) is 0.214. The topological polar surface area (TPSA) is 63.8 Å². The summed E-state index contributed by atoms with van der Waals surface area (Å²) in [4.78, 5) is 4.37. The summed E-state index contributed by atoms with van der Waals surface area (Å²) in [5.41, 5.74) is 2.44. The number of hydrogen-bond acceptors (Lipinski definition) is 5. The van der Waals surface area contributed by atoms with E-state index in [-0.39, 0.29) is 0 Å². The molecule has 0 saturated carbocycles. The first kappa shape index (κ1) is 13.0. The van der Waals surface area contributed by atoms with E-state index in [0.717, 1.165) is 16.4 Å². The summed E-state index contributed by atoms with van der Waals surface area (Å²) in [5, 5.41) is 21.3. The highest BCUT2D eigenvalue weighted by Crippen LogP contribution is 2.21. The molecule has 1 aromatic carbocycles. The lowest BCUT2D eigenvalue weighted by atomic mass is 10.1. The fourth-order valence-electron chi connectivity index (χ4n) is 2.04. The van der Waals surface area contributed by atoms with Crippen LogP contribution in [0.4, 0.5) is 0 Å². The van der Waals surface area contributed by atoms with Crippen molar-refractivity contribution < 1.29 is 5.11 Å². The molecule has 20 heavy (non-hydrogen) atoms. The lowest BCUT2D eigenvalue weighted by molar-refractivity contribution is 0.169. The van der Waals surface area contributed by atoms with E-state index >= 15 is 0 Å². The van der Waals surface area contributed by atoms with Crippen LogP contribution in [-0.2, 0) is 6.42 Å². The zero-order valence-corrected chi connectivity index (χ0v) is 11.8. The zero-order valence-electron chi connectivity index (χ0n) is 11.0. The van der Waals surface area contributed by atoms with Crippen LogP contribution in [0.3, 0.4) is 0 Å². The Morgan fingerprint density at radius 2 is 2.10 bits per heavy atom. The zero-order chi connectivity index (χ0) is 13.9. The summed E-state index contributed by atoms with van der Waals surface area (Å²) in [6, 6.07) is 9.65. The molecule has 0 aliphatic carbocycles. The van der Waals surface area contributed by atoms with Crippen molar-refractivity contribution in [3.63, 3.8) is 0 Å². The number of nitrogens with zero attached hydrogens (tertiary/aromatic N) is 4. The van der Waals surface area contributed by atoms with Crippen LogP contribution in [0.25, 0.3) is 5.69 Å². The lowest BCUT2D eigenvalue weighted by Gasteiger charge is -2.11. The second-order valence-corrected chi connectivity index (χ2v) is 5.55. The Morgan fingerprint density at radius 1 is 1.30 bits per heavy atom. The van der Waals surface area contributed by atoms with Gasteiger partial charge in [-0.1, -0.05) is 23.4 Å². The quantitative estimate of drug-likeness (QED) is 0.799. The van der Waals surface area contributed by atoms with Crippen molar-refractivity contribution in [1.29, 1.82) is 0 Å². The molecule has 0 spiro atoms. The summed E-state index contributed by atoms with van der Waals surface area (Å²) >= 11 is 1.58. The van der Waals surface area contributed by atoms with Crippen LogP contribution in [0.2, 0.25) is 0 Å². The van der Waals surface area contributed by atoms with Gasteiger partial charge in [0.15, 0.2) is 0 Å². The number of thiazole rings is 1. The Labute approximate surface area is 120 Å². The molecule has 1 unspecified atom stereocenters. The highest BCUT2D eigenvalue weighted by molar-refractivity contribution is 7.09. The van der Waals surface area contributed by atoms with Gasteiger partial charge in [-0.3, -0.25) is 0 Å². The van der Waals surface area contributed by atoms with E-state index in [2.05, 4.69) is 15.3 Å². The molecule has 0 aliphatic rings. The largest absolute Gasteiger partial charge is 0.386 e.